The lowest BCUT2D eigenvalue weighted by atomic mass is 10.1. The van der Waals surface area contributed by atoms with E-state index in [-0.39, 0.29) is 6.42 Å². The first-order valence-electron chi connectivity index (χ1n) is 10.2. The summed E-state index contributed by atoms with van der Waals surface area (Å²) in [6, 6.07) is -3.41. The highest BCUT2D eigenvalue weighted by Gasteiger charge is 2.27. The van der Waals surface area contributed by atoms with Gasteiger partial charge in [0.2, 0.25) is 23.6 Å². The Kier molecular flexibility index (Phi) is 14.6. The number of carboxylic acids is 1. The first-order chi connectivity index (χ1) is 14.6. The second kappa shape index (κ2) is 16.0. The number of nitrogens with one attached hydrogen (secondary N) is 3. The van der Waals surface area contributed by atoms with Gasteiger partial charge in [-0.1, -0.05) is 6.42 Å². The predicted octanol–water partition coefficient (Wildman–Crippen LogP) is -3.38. The molecule has 0 spiro atoms. The molecule has 0 saturated carbocycles. The summed E-state index contributed by atoms with van der Waals surface area (Å²) in [4.78, 5) is 59.1. The van der Waals surface area contributed by atoms with Crippen LogP contribution in [-0.2, 0) is 24.0 Å². The molecule has 4 amide bonds. The van der Waals surface area contributed by atoms with E-state index in [1.165, 1.54) is 0 Å². The molecule has 0 saturated heterocycles. The molecule has 178 valence electrons. The summed E-state index contributed by atoms with van der Waals surface area (Å²) < 4.78 is 0. The normalized spacial score (nSPS) is 13.5. The minimum atomic E-state index is -1.39. The van der Waals surface area contributed by atoms with Crippen molar-refractivity contribution in [1.82, 2.24) is 16.0 Å². The van der Waals surface area contributed by atoms with Crippen LogP contribution < -0.4 is 38.9 Å². The summed E-state index contributed by atoms with van der Waals surface area (Å²) in [5.74, 6) is -4.32. The summed E-state index contributed by atoms with van der Waals surface area (Å²) in [5, 5.41) is 16.1. The van der Waals surface area contributed by atoms with Crippen molar-refractivity contribution in [3.8, 4) is 0 Å². The van der Waals surface area contributed by atoms with E-state index < -0.39 is 60.7 Å². The molecule has 3 atom stereocenters. The summed E-state index contributed by atoms with van der Waals surface area (Å²) in [6.45, 7) is 0.379. The Hall–Kier alpha value is -2.77. The Balaban J connectivity index is 4.79. The van der Waals surface area contributed by atoms with E-state index in [1.54, 1.807) is 0 Å². The van der Waals surface area contributed by atoms with E-state index in [9.17, 15) is 29.1 Å². The number of rotatable bonds is 17. The van der Waals surface area contributed by atoms with Crippen LogP contribution in [0.15, 0.2) is 0 Å². The molecule has 0 aliphatic rings. The number of aliphatic carboxylic acids is 1. The molecular weight excluding hydrogens is 410 g/mol. The van der Waals surface area contributed by atoms with E-state index in [4.69, 9.17) is 22.9 Å². The van der Waals surface area contributed by atoms with Crippen LogP contribution in [0.25, 0.3) is 0 Å². The number of carbonyl (C=O) groups excluding carboxylic acids is 4. The van der Waals surface area contributed by atoms with Gasteiger partial charge in [-0.3, -0.25) is 19.2 Å². The van der Waals surface area contributed by atoms with Gasteiger partial charge in [0.15, 0.2) is 0 Å². The number of hydrogen-bond donors (Lipinski definition) is 8. The summed E-state index contributed by atoms with van der Waals surface area (Å²) in [6.07, 6.45) is 2.42. The molecular formula is C18H35N7O6. The van der Waals surface area contributed by atoms with Crippen LogP contribution in [0, 0.1) is 0 Å². The summed E-state index contributed by atoms with van der Waals surface area (Å²) in [5.41, 5.74) is 21.6. The second-order valence-corrected chi connectivity index (χ2v) is 7.08. The minimum Gasteiger partial charge on any atom is -0.480 e. The fraction of sp³-hybridized carbons (Fsp3) is 0.722. The molecule has 13 heteroatoms. The SMILES string of the molecule is NCCCC[C@H](NC(=O)[C@H](CC(N)=O)NC(=O)CNC(=O)[C@@H](N)CCCCN)C(=O)O. The van der Waals surface area contributed by atoms with Gasteiger partial charge in [-0.2, -0.15) is 0 Å². The standard InChI is InChI=1S/C18H35N7O6/c19-7-3-1-5-11(21)16(28)23-10-15(27)24-13(9-14(22)26)17(29)25-12(18(30)31)6-2-4-8-20/h11-13H,1-10,19-21H2,(H2,22,26)(H,23,28)(H,24,27)(H,25,29)(H,30,31)/t11-,12-,13-/m0/s1. The van der Waals surface area contributed by atoms with Crippen molar-refractivity contribution in [2.45, 2.75) is 63.1 Å². The first-order valence-corrected chi connectivity index (χ1v) is 10.2. The number of hydrogen-bond acceptors (Lipinski definition) is 8. The van der Waals surface area contributed by atoms with Crippen LogP contribution in [0.4, 0.5) is 0 Å². The van der Waals surface area contributed by atoms with E-state index in [0.29, 0.717) is 38.8 Å². The molecule has 0 aromatic carbocycles. The van der Waals surface area contributed by atoms with Crippen LogP contribution in [0.1, 0.15) is 44.9 Å². The number of nitrogens with two attached hydrogens (primary N) is 4. The average molecular weight is 446 g/mol. The van der Waals surface area contributed by atoms with E-state index in [2.05, 4.69) is 16.0 Å². The van der Waals surface area contributed by atoms with Crippen molar-refractivity contribution in [2.75, 3.05) is 19.6 Å². The van der Waals surface area contributed by atoms with Gasteiger partial charge < -0.3 is 44.0 Å². The van der Waals surface area contributed by atoms with Crippen molar-refractivity contribution < 1.29 is 29.1 Å². The van der Waals surface area contributed by atoms with Crippen LogP contribution >= 0.6 is 0 Å². The third-order valence-corrected chi connectivity index (χ3v) is 4.35. The van der Waals surface area contributed by atoms with Crippen molar-refractivity contribution in [3.63, 3.8) is 0 Å². The number of primary amides is 1. The van der Waals surface area contributed by atoms with E-state index in [1.807, 2.05) is 0 Å². The van der Waals surface area contributed by atoms with Crippen molar-refractivity contribution >= 4 is 29.6 Å². The second-order valence-electron chi connectivity index (χ2n) is 7.08. The lowest BCUT2D eigenvalue weighted by molar-refractivity contribution is -0.142. The lowest BCUT2D eigenvalue weighted by Crippen LogP contribution is -2.54. The minimum absolute atomic E-state index is 0.133. The Labute approximate surface area is 181 Å². The molecule has 0 aliphatic heterocycles. The fourth-order valence-electron chi connectivity index (χ4n) is 2.62. The highest BCUT2D eigenvalue weighted by atomic mass is 16.4. The van der Waals surface area contributed by atoms with Gasteiger partial charge in [0.05, 0.1) is 19.0 Å². The van der Waals surface area contributed by atoms with E-state index >= 15 is 0 Å². The number of carboxylic acid groups (broad SMARTS) is 1. The number of unbranched alkanes of at least 4 members (excludes halogenated alkanes) is 2. The molecule has 12 N–H and O–H groups in total. The van der Waals surface area contributed by atoms with Gasteiger partial charge >= 0.3 is 5.97 Å². The fourth-order valence-corrected chi connectivity index (χ4v) is 2.62. The zero-order valence-corrected chi connectivity index (χ0v) is 17.6. The van der Waals surface area contributed by atoms with Gasteiger partial charge in [-0.05, 0) is 45.2 Å². The monoisotopic (exact) mass is 445 g/mol. The molecule has 0 aromatic rings. The molecule has 0 bridgehead atoms. The first kappa shape index (κ1) is 28.2. The zero-order chi connectivity index (χ0) is 23.8. The third-order valence-electron chi connectivity index (χ3n) is 4.35. The molecule has 31 heavy (non-hydrogen) atoms. The molecule has 0 rings (SSSR count). The quantitative estimate of drug-likeness (QED) is 0.104. The van der Waals surface area contributed by atoms with Crippen molar-refractivity contribution in [1.29, 1.82) is 0 Å². The predicted molar refractivity (Wildman–Crippen MR) is 112 cm³/mol. The van der Waals surface area contributed by atoms with Gasteiger partial charge in [-0.25, -0.2) is 4.79 Å². The van der Waals surface area contributed by atoms with E-state index in [0.717, 1.165) is 6.42 Å². The molecule has 0 unspecified atom stereocenters. The topological polar surface area (TPSA) is 246 Å². The maximum Gasteiger partial charge on any atom is 0.326 e. The maximum atomic E-state index is 12.4. The molecule has 0 fully saturated rings. The van der Waals surface area contributed by atoms with Crippen molar-refractivity contribution in [3.05, 3.63) is 0 Å². The Morgan fingerprint density at radius 3 is 1.90 bits per heavy atom. The van der Waals surface area contributed by atoms with Crippen LogP contribution in [0.2, 0.25) is 0 Å². The summed E-state index contributed by atoms with van der Waals surface area (Å²) >= 11 is 0. The zero-order valence-electron chi connectivity index (χ0n) is 17.6. The highest BCUT2D eigenvalue weighted by molar-refractivity contribution is 5.94. The van der Waals surface area contributed by atoms with Gasteiger partial charge in [-0.15, -0.1) is 0 Å². The largest absolute Gasteiger partial charge is 0.480 e. The molecule has 0 aliphatic carbocycles. The molecule has 0 aromatic heterocycles. The van der Waals surface area contributed by atoms with Crippen LogP contribution in [-0.4, -0.2) is 72.5 Å². The Morgan fingerprint density at radius 1 is 0.806 bits per heavy atom. The van der Waals surface area contributed by atoms with Gasteiger partial charge in [0.25, 0.3) is 0 Å². The maximum absolute atomic E-state index is 12.4. The molecule has 13 nitrogen and oxygen atoms in total. The summed E-state index contributed by atoms with van der Waals surface area (Å²) in [7, 11) is 0. The smallest absolute Gasteiger partial charge is 0.326 e. The van der Waals surface area contributed by atoms with Gasteiger partial charge in [0, 0.05) is 0 Å². The molecule has 0 heterocycles. The highest BCUT2D eigenvalue weighted by Crippen LogP contribution is 2.03. The van der Waals surface area contributed by atoms with Crippen LogP contribution in [0.5, 0.6) is 0 Å². The van der Waals surface area contributed by atoms with Crippen LogP contribution in [0.3, 0.4) is 0 Å². The number of amides is 4. The number of carbonyl (C=O) groups is 5. The molecule has 0 radical (unpaired) electrons. The Morgan fingerprint density at radius 2 is 1.39 bits per heavy atom. The van der Waals surface area contributed by atoms with Crippen molar-refractivity contribution in [2.24, 2.45) is 22.9 Å². The van der Waals surface area contributed by atoms with Gasteiger partial charge in [0.1, 0.15) is 12.1 Å². The average Bonchev–Trinajstić information content (AvgIpc) is 2.70. The third kappa shape index (κ3) is 13.2. The lowest BCUT2D eigenvalue weighted by Gasteiger charge is -2.21. The Bertz CT molecular complexity index is 616.